The van der Waals surface area contributed by atoms with Crippen molar-refractivity contribution in [3.8, 4) is 5.75 Å². The Bertz CT molecular complexity index is 1610. The van der Waals surface area contributed by atoms with Gasteiger partial charge >= 0.3 is 256 Å². The molecule has 0 radical (unpaired) electrons. The summed E-state index contributed by atoms with van der Waals surface area (Å²) in [4.78, 5) is 24.4. The molecule has 1 amide bonds. The molecule has 4 aromatic rings. The third-order valence-electron chi connectivity index (χ3n) is 5.89. The standard InChI is InChI=1S/C28H28Cl2IN7O3/c1-6-23(32)38(4)20-10-8-7-9-19(20)35-24-13-22(33-15-34-24)31(14-18-12-17(3)37-41-18)28(39)36-27-25(29)16(2)11-21(40-5)26(27)30/h6-13,15,32H,1,14H2,2-5H3,(H,36,39)(H,33,34,35). The van der Waals surface area contributed by atoms with E-state index in [9.17, 15) is 4.79 Å². The first-order valence-corrected chi connectivity index (χ1v) is 16.6. The molecule has 0 saturated heterocycles. The Balaban J connectivity index is 1.70. The SMILES string of the molecule is C=CC(=N)N(C)c1ccccc1Nc1cc(I(Cc2cc(C)no2)C(=O)Nc2c(Cl)c(C)cc(OC)c2Cl)ncn1. The number of ether oxygens (including phenoxy) is 1. The van der Waals surface area contributed by atoms with Gasteiger partial charge in [0.2, 0.25) is 0 Å². The van der Waals surface area contributed by atoms with Gasteiger partial charge in [-0.3, -0.25) is 0 Å². The summed E-state index contributed by atoms with van der Waals surface area (Å²) in [6.07, 6.45) is 2.87. The molecular weight excluding hydrogens is 680 g/mol. The number of nitrogens with one attached hydrogen (secondary N) is 3. The number of aryl methyl sites for hydroxylation is 2. The zero-order chi connectivity index (χ0) is 29.7. The molecule has 2 aromatic heterocycles. The second-order valence-electron chi connectivity index (χ2n) is 8.74. The number of carbonyl (C=O) groups is 1. The second kappa shape index (κ2) is 13.3. The van der Waals surface area contributed by atoms with Gasteiger partial charge in [-0.2, -0.15) is 0 Å². The number of hydrogen-bond donors (Lipinski definition) is 3. The molecule has 13 heteroatoms. The predicted molar refractivity (Wildman–Crippen MR) is 173 cm³/mol. The second-order valence-corrected chi connectivity index (χ2v) is 14.4. The molecule has 2 heterocycles. The predicted octanol–water partition coefficient (Wildman–Crippen LogP) is 7.85. The van der Waals surface area contributed by atoms with Crippen LogP contribution in [0, 0.1) is 23.0 Å². The molecule has 0 bridgehead atoms. The van der Waals surface area contributed by atoms with Crippen molar-refractivity contribution in [1.29, 1.82) is 5.41 Å². The first kappa shape index (κ1) is 30.3. The van der Waals surface area contributed by atoms with E-state index >= 15 is 0 Å². The molecule has 0 atom stereocenters. The molecule has 4 rings (SSSR count). The summed E-state index contributed by atoms with van der Waals surface area (Å²) in [7, 11) is 3.27. The molecule has 41 heavy (non-hydrogen) atoms. The fraction of sp³-hybridized carbons (Fsp3) is 0.179. The van der Waals surface area contributed by atoms with Gasteiger partial charge < -0.3 is 0 Å². The summed E-state index contributed by atoms with van der Waals surface area (Å²) in [6.45, 7) is 7.30. The van der Waals surface area contributed by atoms with Crippen LogP contribution in [0.25, 0.3) is 0 Å². The maximum absolute atomic E-state index is 13.9. The number of amides is 1. The zero-order valence-corrected chi connectivity index (χ0v) is 26.4. The van der Waals surface area contributed by atoms with Gasteiger partial charge in [-0.25, -0.2) is 0 Å². The van der Waals surface area contributed by atoms with Crippen molar-refractivity contribution in [3.63, 3.8) is 0 Å². The first-order valence-electron chi connectivity index (χ1n) is 12.2. The van der Waals surface area contributed by atoms with Crippen molar-refractivity contribution in [1.82, 2.24) is 15.1 Å². The van der Waals surface area contributed by atoms with Crippen LogP contribution in [0.15, 0.2) is 66.0 Å². The first-order chi connectivity index (χ1) is 19.6. The van der Waals surface area contributed by atoms with E-state index in [4.69, 9.17) is 37.9 Å². The summed E-state index contributed by atoms with van der Waals surface area (Å²) in [5.41, 5.74) is 3.16. The molecule has 0 spiro atoms. The van der Waals surface area contributed by atoms with E-state index in [2.05, 4.69) is 32.3 Å². The quantitative estimate of drug-likeness (QED) is 0.0289. The van der Waals surface area contributed by atoms with Gasteiger partial charge in [0.05, 0.1) is 0 Å². The number of hydrogen-bond acceptors (Lipinski definition) is 8. The van der Waals surface area contributed by atoms with Crippen LogP contribution in [0.3, 0.4) is 0 Å². The van der Waals surface area contributed by atoms with Crippen LogP contribution in [0.5, 0.6) is 5.75 Å². The monoisotopic (exact) mass is 707 g/mol. The number of aromatic nitrogens is 3. The van der Waals surface area contributed by atoms with Gasteiger partial charge in [0.1, 0.15) is 0 Å². The molecule has 0 aliphatic rings. The Morgan fingerprint density at radius 2 is 1.95 bits per heavy atom. The van der Waals surface area contributed by atoms with Gasteiger partial charge in [0, 0.05) is 0 Å². The van der Waals surface area contributed by atoms with Crippen LogP contribution >= 0.6 is 43.0 Å². The van der Waals surface area contributed by atoms with Gasteiger partial charge in [0.15, 0.2) is 0 Å². The Labute approximate surface area is 255 Å². The maximum atomic E-state index is 13.9. The summed E-state index contributed by atoms with van der Waals surface area (Å²) in [5, 5.41) is 18.9. The number of para-hydroxylation sites is 2. The zero-order valence-electron chi connectivity index (χ0n) is 22.8. The third-order valence-corrected chi connectivity index (χ3v) is 11.6. The van der Waals surface area contributed by atoms with E-state index in [1.54, 1.807) is 37.1 Å². The molecule has 3 N–H and O–H groups in total. The number of amidine groups is 1. The molecule has 0 aliphatic carbocycles. The van der Waals surface area contributed by atoms with Crippen LogP contribution in [0.4, 0.5) is 27.7 Å². The van der Waals surface area contributed by atoms with E-state index in [0.29, 0.717) is 47.4 Å². The number of benzene rings is 2. The number of rotatable bonds is 10. The average Bonchev–Trinajstić information content (AvgIpc) is 3.39. The van der Waals surface area contributed by atoms with Crippen molar-refractivity contribution >= 4 is 75.7 Å². The van der Waals surface area contributed by atoms with Crippen LogP contribution in [0.1, 0.15) is 17.0 Å². The van der Waals surface area contributed by atoms with E-state index in [0.717, 1.165) is 5.69 Å². The topological polar surface area (TPSA) is 129 Å². The summed E-state index contributed by atoms with van der Waals surface area (Å²) in [5.74, 6) is 1.69. The third kappa shape index (κ3) is 6.97. The number of anilines is 4. The van der Waals surface area contributed by atoms with Crippen molar-refractivity contribution in [2.75, 3.05) is 29.7 Å². The van der Waals surface area contributed by atoms with E-state index in [1.165, 1.54) is 19.5 Å². The summed E-state index contributed by atoms with van der Waals surface area (Å²) in [6, 6.07) is 12.8. The Morgan fingerprint density at radius 3 is 2.63 bits per heavy atom. The fourth-order valence-corrected chi connectivity index (χ4v) is 8.38. The Hall–Kier alpha value is -3.68. The van der Waals surface area contributed by atoms with Gasteiger partial charge in [0.25, 0.3) is 0 Å². The minimum atomic E-state index is -2.86. The molecule has 0 unspecified atom stereocenters. The van der Waals surface area contributed by atoms with E-state index in [1.807, 2.05) is 31.2 Å². The van der Waals surface area contributed by atoms with Gasteiger partial charge in [-0.05, 0) is 0 Å². The Morgan fingerprint density at radius 1 is 1.20 bits per heavy atom. The number of methoxy groups -OCH3 is 1. The Kier molecular flexibility index (Phi) is 9.84. The van der Waals surface area contributed by atoms with Crippen LogP contribution in [-0.2, 0) is 4.43 Å². The van der Waals surface area contributed by atoms with Crippen molar-refractivity contribution in [3.05, 3.63) is 92.2 Å². The summed E-state index contributed by atoms with van der Waals surface area (Å²) < 4.78 is 11.5. The summed E-state index contributed by atoms with van der Waals surface area (Å²) >= 11 is 10.2. The van der Waals surface area contributed by atoms with Gasteiger partial charge in [-0.15, -0.1) is 0 Å². The van der Waals surface area contributed by atoms with Gasteiger partial charge in [-0.1, -0.05) is 0 Å². The number of carbonyl (C=O) groups excluding carboxylic acids is 1. The molecular formula is C28H28Cl2IN7O3. The minimum absolute atomic E-state index is 0.207. The normalized spacial score (nSPS) is 11.0. The van der Waals surface area contributed by atoms with Crippen molar-refractivity contribution in [2.24, 2.45) is 0 Å². The van der Waals surface area contributed by atoms with E-state index in [-0.39, 0.29) is 20.5 Å². The van der Waals surface area contributed by atoms with Crippen LogP contribution in [-0.4, -0.2) is 39.0 Å². The number of nitrogens with zero attached hydrogens (tertiary/aromatic N) is 4. The molecule has 0 saturated carbocycles. The van der Waals surface area contributed by atoms with Crippen LogP contribution < -0.4 is 20.3 Å². The van der Waals surface area contributed by atoms with E-state index < -0.39 is 19.8 Å². The fourth-order valence-electron chi connectivity index (χ4n) is 3.78. The van der Waals surface area contributed by atoms with Crippen LogP contribution in [0.2, 0.25) is 10.0 Å². The molecule has 2 aromatic carbocycles. The number of alkyl halides is 1. The molecule has 214 valence electrons. The molecule has 0 fully saturated rings. The average molecular weight is 708 g/mol. The molecule has 10 nitrogen and oxygen atoms in total. The van der Waals surface area contributed by atoms with Crippen molar-refractivity contribution in [2.45, 2.75) is 18.3 Å². The number of halogens is 3. The van der Waals surface area contributed by atoms with Crippen molar-refractivity contribution < 1.29 is 14.1 Å². The molecule has 0 aliphatic heterocycles. The number of likely N-dealkylation sites (N-methyl/N-ethyl adjacent to an activating group) is 1.